The molecule has 2 rings (SSSR count). The molecule has 4 atom stereocenters. The molecule has 0 bridgehead atoms. The fraction of sp³-hybridized carbons (Fsp3) is 0.500. The molecule has 0 amide bonds. The molecule has 0 spiro atoms. The molecular weight excluding hydrogens is 234 g/mol. The number of halogens is 4. The van der Waals surface area contributed by atoms with Crippen LogP contribution >= 0.6 is 0 Å². The number of alkyl halides is 4. The van der Waals surface area contributed by atoms with Gasteiger partial charge in [-0.25, -0.2) is 17.6 Å². The van der Waals surface area contributed by atoms with Gasteiger partial charge in [-0.05, 0) is 11.6 Å². The topological polar surface area (TPSA) is 26.0 Å². The van der Waals surface area contributed by atoms with Crippen LogP contribution in [-0.4, -0.2) is 24.7 Å². The van der Waals surface area contributed by atoms with Gasteiger partial charge in [0.05, 0.1) is 5.92 Å². The van der Waals surface area contributed by atoms with Gasteiger partial charge in [-0.1, -0.05) is 18.2 Å². The Labute approximate surface area is 96.6 Å². The first-order valence-electron chi connectivity index (χ1n) is 5.43. The quantitative estimate of drug-likeness (QED) is 0.599. The van der Waals surface area contributed by atoms with Crippen LogP contribution in [0.25, 0.3) is 0 Å². The van der Waals surface area contributed by atoms with Crippen molar-refractivity contribution in [3.05, 3.63) is 29.8 Å². The molecule has 17 heavy (non-hydrogen) atoms. The van der Waals surface area contributed by atoms with Gasteiger partial charge in [-0.2, -0.15) is 0 Å². The number of hydrogen-bond donors (Lipinski definition) is 1. The van der Waals surface area contributed by atoms with Crippen molar-refractivity contribution < 1.29 is 17.6 Å². The number of anilines is 1. The number of hydrogen-bond acceptors (Lipinski definition) is 1. The number of nitrogens with two attached hydrogens (primary N) is 1. The molecule has 1 nitrogen and oxygen atoms in total. The Balaban J connectivity index is 2.38. The van der Waals surface area contributed by atoms with Crippen LogP contribution in [0.1, 0.15) is 17.9 Å². The van der Waals surface area contributed by atoms with Gasteiger partial charge in [0.1, 0.15) is 24.7 Å². The Morgan fingerprint density at radius 1 is 0.941 bits per heavy atom. The van der Waals surface area contributed by atoms with E-state index >= 15 is 0 Å². The van der Waals surface area contributed by atoms with Crippen LogP contribution in [0.15, 0.2) is 24.3 Å². The Hall–Kier alpha value is -1.26. The van der Waals surface area contributed by atoms with Crippen molar-refractivity contribution in [2.75, 3.05) is 5.73 Å². The first-order valence-corrected chi connectivity index (χ1v) is 5.43. The molecule has 1 aromatic rings. The van der Waals surface area contributed by atoms with E-state index in [1.54, 1.807) is 12.1 Å². The summed E-state index contributed by atoms with van der Waals surface area (Å²) in [5.41, 5.74) is 5.88. The molecule has 1 aliphatic carbocycles. The van der Waals surface area contributed by atoms with E-state index in [-0.39, 0.29) is 11.3 Å². The average Bonchev–Trinajstić information content (AvgIpc) is 2.29. The van der Waals surface area contributed by atoms with E-state index in [1.807, 2.05) is 0 Å². The molecule has 1 saturated carbocycles. The lowest BCUT2D eigenvalue weighted by Gasteiger charge is -2.34. The minimum absolute atomic E-state index is 0.137. The second-order valence-electron chi connectivity index (χ2n) is 4.31. The predicted molar refractivity (Wildman–Crippen MR) is 57.8 cm³/mol. The zero-order chi connectivity index (χ0) is 12.6. The highest BCUT2D eigenvalue weighted by Crippen LogP contribution is 2.41. The van der Waals surface area contributed by atoms with Gasteiger partial charge >= 0.3 is 0 Å². The lowest BCUT2D eigenvalue weighted by molar-refractivity contribution is -0.00549. The van der Waals surface area contributed by atoms with Gasteiger partial charge in [0, 0.05) is 12.1 Å². The van der Waals surface area contributed by atoms with Gasteiger partial charge in [0.25, 0.3) is 0 Å². The highest BCUT2D eigenvalue weighted by molar-refractivity contribution is 5.49. The van der Waals surface area contributed by atoms with E-state index in [0.29, 0.717) is 0 Å². The maximum absolute atomic E-state index is 13.7. The monoisotopic (exact) mass is 247 g/mol. The maximum atomic E-state index is 13.7. The number of rotatable bonds is 1. The summed E-state index contributed by atoms with van der Waals surface area (Å²) in [7, 11) is 0. The molecule has 0 heterocycles. The number of para-hydroxylation sites is 1. The zero-order valence-corrected chi connectivity index (χ0v) is 8.99. The predicted octanol–water partition coefficient (Wildman–Crippen LogP) is 3.11. The zero-order valence-electron chi connectivity index (χ0n) is 8.99. The Morgan fingerprint density at radius 3 is 2.00 bits per heavy atom. The molecule has 0 saturated heterocycles. The summed E-state index contributed by atoms with van der Waals surface area (Å²) in [4.78, 5) is 0. The second-order valence-corrected chi connectivity index (χ2v) is 4.31. The second kappa shape index (κ2) is 4.55. The summed E-state index contributed by atoms with van der Waals surface area (Å²) in [6, 6.07) is 6.01. The van der Waals surface area contributed by atoms with Gasteiger partial charge in [0.2, 0.25) is 0 Å². The smallest absolute Gasteiger partial charge is 0.141 e. The molecule has 4 unspecified atom stereocenters. The van der Waals surface area contributed by atoms with Crippen molar-refractivity contribution in [3.63, 3.8) is 0 Å². The van der Waals surface area contributed by atoms with Crippen LogP contribution < -0.4 is 5.73 Å². The Bertz CT molecular complexity index is 384. The summed E-state index contributed by atoms with van der Waals surface area (Å²) < 4.78 is 53.9. The molecule has 5 heteroatoms. The molecule has 1 aromatic carbocycles. The first-order chi connectivity index (χ1) is 8.02. The van der Waals surface area contributed by atoms with Crippen molar-refractivity contribution >= 4 is 5.69 Å². The minimum atomic E-state index is -2.05. The van der Waals surface area contributed by atoms with E-state index in [1.165, 1.54) is 12.1 Å². The van der Waals surface area contributed by atoms with Crippen molar-refractivity contribution in [1.82, 2.24) is 0 Å². The summed E-state index contributed by atoms with van der Waals surface area (Å²) in [5.74, 6) is -1.46. The van der Waals surface area contributed by atoms with Crippen LogP contribution in [0.4, 0.5) is 23.2 Å². The van der Waals surface area contributed by atoms with E-state index in [0.717, 1.165) is 0 Å². The number of benzene rings is 1. The normalized spacial score (nSPS) is 38.0. The molecule has 1 aliphatic rings. The molecule has 0 aromatic heterocycles. The summed E-state index contributed by atoms with van der Waals surface area (Å²) in [5, 5.41) is 0. The third-order valence-electron chi connectivity index (χ3n) is 3.18. The molecule has 0 aliphatic heterocycles. The van der Waals surface area contributed by atoms with Crippen molar-refractivity contribution in [3.8, 4) is 0 Å². The van der Waals surface area contributed by atoms with Gasteiger partial charge in [0.15, 0.2) is 0 Å². The third-order valence-corrected chi connectivity index (χ3v) is 3.18. The van der Waals surface area contributed by atoms with Crippen LogP contribution in [0.3, 0.4) is 0 Å². The van der Waals surface area contributed by atoms with E-state index in [2.05, 4.69) is 0 Å². The molecule has 1 fully saturated rings. The molecule has 0 radical (unpaired) electrons. The largest absolute Gasteiger partial charge is 0.398 e. The van der Waals surface area contributed by atoms with Crippen LogP contribution in [-0.2, 0) is 0 Å². The van der Waals surface area contributed by atoms with Gasteiger partial charge in [-0.3, -0.25) is 0 Å². The van der Waals surface area contributed by atoms with E-state index in [9.17, 15) is 17.6 Å². The maximum Gasteiger partial charge on any atom is 0.141 e. The summed E-state index contributed by atoms with van der Waals surface area (Å²) in [6.45, 7) is 0. The first kappa shape index (κ1) is 12.2. The molecule has 94 valence electrons. The molecule has 2 N–H and O–H groups in total. The fourth-order valence-corrected chi connectivity index (χ4v) is 2.26. The third kappa shape index (κ3) is 2.10. The van der Waals surface area contributed by atoms with E-state index < -0.39 is 37.0 Å². The summed E-state index contributed by atoms with van der Waals surface area (Å²) >= 11 is 0. The fourth-order valence-electron chi connectivity index (χ4n) is 2.26. The standard InChI is InChI=1S/C12H13F4N/c13-7-5-8(14)12(16)10(11(7)15)6-3-1-2-4-9(6)17/h1-4,7-8,10-12H,5,17H2. The lowest BCUT2D eigenvalue weighted by atomic mass is 9.78. The SMILES string of the molecule is Nc1ccccc1C1C(F)C(F)CC(F)C1F. The van der Waals surface area contributed by atoms with Crippen molar-refractivity contribution in [2.24, 2.45) is 0 Å². The van der Waals surface area contributed by atoms with Gasteiger partial charge < -0.3 is 5.73 Å². The van der Waals surface area contributed by atoms with Crippen LogP contribution in [0, 0.1) is 0 Å². The van der Waals surface area contributed by atoms with E-state index in [4.69, 9.17) is 5.73 Å². The molecular formula is C12H13F4N. The van der Waals surface area contributed by atoms with Crippen molar-refractivity contribution in [2.45, 2.75) is 37.0 Å². The Morgan fingerprint density at radius 2 is 1.47 bits per heavy atom. The van der Waals surface area contributed by atoms with Crippen LogP contribution in [0.5, 0.6) is 0 Å². The lowest BCUT2D eigenvalue weighted by Crippen LogP contribution is -2.44. The Kier molecular flexibility index (Phi) is 3.26. The summed E-state index contributed by atoms with van der Waals surface area (Å²) in [6.07, 6.45) is -8.81. The highest BCUT2D eigenvalue weighted by Gasteiger charge is 2.47. The van der Waals surface area contributed by atoms with Crippen molar-refractivity contribution in [1.29, 1.82) is 0 Å². The minimum Gasteiger partial charge on any atom is -0.398 e. The number of nitrogen functional groups attached to an aromatic ring is 1. The van der Waals surface area contributed by atoms with Gasteiger partial charge in [-0.15, -0.1) is 0 Å². The van der Waals surface area contributed by atoms with Crippen LogP contribution in [0.2, 0.25) is 0 Å². The average molecular weight is 247 g/mol. The highest BCUT2D eigenvalue weighted by atomic mass is 19.2.